The molecule has 0 heterocycles. The fourth-order valence-corrected chi connectivity index (χ4v) is 2.89. The average molecular weight is 392 g/mol. The molecule has 7 nitrogen and oxygen atoms in total. The molecular weight excluding hydrogens is 375 g/mol. The highest BCUT2D eigenvalue weighted by Gasteiger charge is 2.18. The molecule has 0 aromatic heterocycles. The Morgan fingerprint density at radius 2 is 1.93 bits per heavy atom. The van der Waals surface area contributed by atoms with Gasteiger partial charge < -0.3 is 10.1 Å². The van der Waals surface area contributed by atoms with E-state index in [2.05, 4.69) is 5.32 Å². The minimum atomic E-state index is -0.615. The van der Waals surface area contributed by atoms with Crippen molar-refractivity contribution in [3.8, 4) is 0 Å². The quantitative estimate of drug-likeness (QED) is 0.334. The third-order valence-corrected chi connectivity index (χ3v) is 4.58. The fourth-order valence-electron chi connectivity index (χ4n) is 2.02. The van der Waals surface area contributed by atoms with E-state index in [4.69, 9.17) is 4.74 Å². The van der Waals surface area contributed by atoms with Crippen LogP contribution in [0.2, 0.25) is 0 Å². The van der Waals surface area contributed by atoms with Gasteiger partial charge in [-0.15, -0.1) is 11.8 Å². The normalized spacial score (nSPS) is 11.5. The Morgan fingerprint density at radius 3 is 2.52 bits per heavy atom. The van der Waals surface area contributed by atoms with Crippen molar-refractivity contribution in [3.63, 3.8) is 0 Å². The molecule has 0 aliphatic heterocycles. The molecule has 9 heteroatoms. The van der Waals surface area contributed by atoms with Gasteiger partial charge >= 0.3 is 5.97 Å². The first kappa shape index (κ1) is 20.4. The Bertz CT molecular complexity index is 857. The SMILES string of the molecule is Cc1ccc(NC(=O)COC(=O)[C@@H](C)Sc2ccc([N+](=O)[O-])cc2)cc1F. The summed E-state index contributed by atoms with van der Waals surface area (Å²) >= 11 is 1.15. The maximum atomic E-state index is 13.4. The molecule has 0 bridgehead atoms. The number of nitrogens with one attached hydrogen (secondary N) is 1. The maximum absolute atomic E-state index is 13.4. The van der Waals surface area contributed by atoms with Crippen molar-refractivity contribution in [1.82, 2.24) is 0 Å². The van der Waals surface area contributed by atoms with Gasteiger partial charge in [0.2, 0.25) is 0 Å². The van der Waals surface area contributed by atoms with Crippen molar-refractivity contribution in [2.24, 2.45) is 0 Å². The number of halogens is 1. The summed E-state index contributed by atoms with van der Waals surface area (Å²) in [6.45, 7) is 2.70. The molecule has 2 aromatic carbocycles. The van der Waals surface area contributed by atoms with E-state index in [1.54, 1.807) is 19.9 Å². The highest BCUT2D eigenvalue weighted by molar-refractivity contribution is 8.00. The summed E-state index contributed by atoms with van der Waals surface area (Å²) in [6.07, 6.45) is 0. The molecule has 2 rings (SSSR count). The standard InChI is InChI=1S/C18H17FN2O5S/c1-11-3-4-13(9-16(11)19)20-17(22)10-26-18(23)12(2)27-15-7-5-14(6-8-15)21(24)25/h3-9,12H,10H2,1-2H3,(H,20,22)/t12-/m1/s1. The number of anilines is 1. The second-order valence-corrected chi connectivity index (χ2v) is 7.05. The minimum absolute atomic E-state index is 0.0428. The van der Waals surface area contributed by atoms with Crippen LogP contribution in [-0.2, 0) is 14.3 Å². The molecule has 0 spiro atoms. The maximum Gasteiger partial charge on any atom is 0.319 e. The number of ether oxygens (including phenoxy) is 1. The lowest BCUT2D eigenvalue weighted by molar-refractivity contribution is -0.384. The van der Waals surface area contributed by atoms with Crippen LogP contribution < -0.4 is 5.32 Å². The van der Waals surface area contributed by atoms with Crippen LogP contribution in [0.4, 0.5) is 15.8 Å². The van der Waals surface area contributed by atoms with Gasteiger partial charge in [0.25, 0.3) is 11.6 Å². The molecule has 0 aliphatic rings. The molecule has 0 unspecified atom stereocenters. The number of nitro benzene ring substituents is 1. The molecule has 27 heavy (non-hydrogen) atoms. The van der Waals surface area contributed by atoms with Crippen molar-refractivity contribution in [1.29, 1.82) is 0 Å². The van der Waals surface area contributed by atoms with Gasteiger partial charge in [-0.1, -0.05) is 6.07 Å². The number of nitrogens with zero attached hydrogens (tertiary/aromatic N) is 1. The van der Waals surface area contributed by atoms with Gasteiger partial charge in [0.05, 0.1) is 4.92 Å². The van der Waals surface area contributed by atoms with Gasteiger partial charge in [0.15, 0.2) is 6.61 Å². The Balaban J connectivity index is 1.82. The molecule has 0 saturated heterocycles. The van der Waals surface area contributed by atoms with Crippen LogP contribution in [0.1, 0.15) is 12.5 Å². The highest BCUT2D eigenvalue weighted by Crippen LogP contribution is 2.26. The first-order valence-electron chi connectivity index (χ1n) is 7.90. The summed E-state index contributed by atoms with van der Waals surface area (Å²) in [6, 6.07) is 10.0. The Labute approximate surface area is 159 Å². The number of non-ortho nitro benzene ring substituents is 1. The van der Waals surface area contributed by atoms with E-state index < -0.39 is 34.5 Å². The molecule has 2 aromatic rings. The van der Waals surface area contributed by atoms with Crippen LogP contribution in [0.3, 0.4) is 0 Å². The number of hydrogen-bond acceptors (Lipinski definition) is 6. The number of thioether (sulfide) groups is 1. The van der Waals surface area contributed by atoms with Gasteiger partial charge in [-0.3, -0.25) is 19.7 Å². The minimum Gasteiger partial charge on any atom is -0.455 e. The van der Waals surface area contributed by atoms with E-state index in [9.17, 15) is 24.1 Å². The molecule has 1 amide bonds. The molecule has 0 fully saturated rings. The lowest BCUT2D eigenvalue weighted by atomic mass is 10.2. The monoisotopic (exact) mass is 392 g/mol. The molecule has 142 valence electrons. The largest absolute Gasteiger partial charge is 0.455 e. The van der Waals surface area contributed by atoms with E-state index in [1.807, 2.05) is 0 Å². The van der Waals surface area contributed by atoms with Gasteiger partial charge in [-0.25, -0.2) is 4.39 Å². The van der Waals surface area contributed by atoms with Crippen LogP contribution in [0.15, 0.2) is 47.4 Å². The molecule has 0 radical (unpaired) electrons. The fraction of sp³-hybridized carbons (Fsp3) is 0.222. The Morgan fingerprint density at radius 1 is 1.26 bits per heavy atom. The number of benzene rings is 2. The van der Waals surface area contributed by atoms with E-state index in [-0.39, 0.29) is 11.4 Å². The summed E-state index contributed by atoms with van der Waals surface area (Å²) in [5.74, 6) is -1.64. The van der Waals surface area contributed by atoms with Gasteiger partial charge in [0, 0.05) is 22.7 Å². The lowest BCUT2D eigenvalue weighted by Gasteiger charge is -2.11. The third kappa shape index (κ3) is 6.07. The number of hydrogen-bond donors (Lipinski definition) is 1. The van der Waals surface area contributed by atoms with Crippen LogP contribution >= 0.6 is 11.8 Å². The zero-order valence-corrected chi connectivity index (χ0v) is 15.4. The second kappa shape index (κ2) is 9.13. The second-order valence-electron chi connectivity index (χ2n) is 5.63. The van der Waals surface area contributed by atoms with Gasteiger partial charge in [-0.05, 0) is 43.7 Å². The number of amides is 1. The van der Waals surface area contributed by atoms with Crippen molar-refractivity contribution >= 4 is 35.0 Å². The van der Waals surface area contributed by atoms with E-state index in [0.717, 1.165) is 11.8 Å². The first-order chi connectivity index (χ1) is 12.8. The van der Waals surface area contributed by atoms with Crippen LogP contribution in [0.5, 0.6) is 0 Å². The predicted molar refractivity (Wildman–Crippen MR) is 99.1 cm³/mol. The molecule has 1 atom stereocenters. The van der Waals surface area contributed by atoms with Crippen LogP contribution in [0, 0.1) is 22.9 Å². The molecule has 0 aliphatic carbocycles. The number of aryl methyl sites for hydroxylation is 1. The third-order valence-electron chi connectivity index (χ3n) is 3.49. The van der Waals surface area contributed by atoms with Crippen molar-refractivity contribution in [3.05, 3.63) is 64.0 Å². The van der Waals surface area contributed by atoms with E-state index >= 15 is 0 Å². The number of carbonyl (C=O) groups excluding carboxylic acids is 2. The number of rotatable bonds is 7. The zero-order valence-electron chi connectivity index (χ0n) is 14.6. The Hall–Kier alpha value is -2.94. The van der Waals surface area contributed by atoms with Crippen molar-refractivity contribution in [2.75, 3.05) is 11.9 Å². The molecule has 0 saturated carbocycles. The Kier molecular flexibility index (Phi) is 6.89. The van der Waals surface area contributed by atoms with Crippen molar-refractivity contribution in [2.45, 2.75) is 24.0 Å². The van der Waals surface area contributed by atoms with Crippen LogP contribution in [-0.4, -0.2) is 28.7 Å². The molecular formula is C18H17FN2O5S. The summed E-state index contributed by atoms with van der Waals surface area (Å²) in [5.41, 5.74) is 0.683. The molecule has 1 N–H and O–H groups in total. The van der Waals surface area contributed by atoms with E-state index in [0.29, 0.717) is 10.5 Å². The highest BCUT2D eigenvalue weighted by atomic mass is 32.2. The first-order valence-corrected chi connectivity index (χ1v) is 8.78. The van der Waals surface area contributed by atoms with Gasteiger partial charge in [-0.2, -0.15) is 0 Å². The summed E-state index contributed by atoms with van der Waals surface area (Å²) in [4.78, 5) is 34.6. The summed E-state index contributed by atoms with van der Waals surface area (Å²) < 4.78 is 18.4. The smallest absolute Gasteiger partial charge is 0.319 e. The number of esters is 1. The lowest BCUT2D eigenvalue weighted by Crippen LogP contribution is -2.24. The number of nitro groups is 1. The zero-order chi connectivity index (χ0) is 20.0. The predicted octanol–water partition coefficient (Wildman–Crippen LogP) is 3.70. The topological polar surface area (TPSA) is 98.5 Å². The van der Waals surface area contributed by atoms with Crippen LogP contribution in [0.25, 0.3) is 0 Å². The summed E-state index contributed by atoms with van der Waals surface area (Å²) in [5, 5.41) is 12.5. The summed E-state index contributed by atoms with van der Waals surface area (Å²) in [7, 11) is 0. The van der Waals surface area contributed by atoms with E-state index in [1.165, 1.54) is 36.4 Å². The van der Waals surface area contributed by atoms with Crippen molar-refractivity contribution < 1.29 is 23.6 Å². The van der Waals surface area contributed by atoms with Gasteiger partial charge in [0.1, 0.15) is 11.1 Å². The number of carbonyl (C=O) groups is 2. The average Bonchev–Trinajstić information content (AvgIpc) is 2.63.